The van der Waals surface area contributed by atoms with E-state index in [9.17, 15) is 0 Å². The molecule has 0 aliphatic carbocycles. The van der Waals surface area contributed by atoms with Gasteiger partial charge in [-0.2, -0.15) is 5.26 Å². The third-order valence-electron chi connectivity index (χ3n) is 3.19. The van der Waals surface area contributed by atoms with Gasteiger partial charge in [-0.05, 0) is 13.0 Å². The van der Waals surface area contributed by atoms with Crippen LogP contribution in [0, 0.1) is 18.3 Å². The predicted octanol–water partition coefficient (Wildman–Crippen LogP) is 2.92. The summed E-state index contributed by atoms with van der Waals surface area (Å²) in [6.45, 7) is 10.1. The van der Waals surface area contributed by atoms with Crippen LogP contribution in [0.4, 0.5) is 0 Å². The molecule has 20 heavy (non-hydrogen) atoms. The molecule has 0 fully saturated rings. The summed E-state index contributed by atoms with van der Waals surface area (Å²) in [5, 5.41) is 9.07. The molecule has 0 unspecified atom stereocenters. The highest BCUT2D eigenvalue weighted by molar-refractivity contribution is 6.76. The lowest BCUT2D eigenvalue weighted by Crippen LogP contribution is -2.22. The summed E-state index contributed by atoms with van der Waals surface area (Å²) in [7, 11) is -1.07. The molecule has 0 aromatic carbocycles. The van der Waals surface area contributed by atoms with Crippen LogP contribution in [0.25, 0.3) is 11.0 Å². The lowest BCUT2D eigenvalue weighted by atomic mass is 10.3. The number of hydrogen-bond acceptors (Lipinski definition) is 4. The molecule has 2 aromatic heterocycles. The van der Waals surface area contributed by atoms with Crippen molar-refractivity contribution in [3.8, 4) is 6.07 Å². The highest BCUT2D eigenvalue weighted by Crippen LogP contribution is 2.18. The lowest BCUT2D eigenvalue weighted by Gasteiger charge is -2.16. The van der Waals surface area contributed by atoms with Crippen LogP contribution >= 0.6 is 0 Å². The first-order chi connectivity index (χ1) is 9.42. The first-order valence-corrected chi connectivity index (χ1v) is 10.4. The van der Waals surface area contributed by atoms with E-state index < -0.39 is 8.07 Å². The Morgan fingerprint density at radius 2 is 2.10 bits per heavy atom. The summed E-state index contributed by atoms with van der Waals surface area (Å²) in [6.07, 6.45) is 3.28. The number of fused-ring (bicyclic) bond motifs is 1. The molecule has 2 rings (SSSR count). The predicted molar refractivity (Wildman–Crippen MR) is 81.1 cm³/mol. The smallest absolute Gasteiger partial charge is 0.124 e. The van der Waals surface area contributed by atoms with Gasteiger partial charge in [0.05, 0.1) is 17.3 Å². The Hall–Kier alpha value is -1.71. The third kappa shape index (κ3) is 3.24. The Morgan fingerprint density at radius 1 is 1.35 bits per heavy atom. The molecule has 6 heteroatoms. The highest BCUT2D eigenvalue weighted by Gasteiger charge is 2.14. The topological polar surface area (TPSA) is 63.7 Å². The summed E-state index contributed by atoms with van der Waals surface area (Å²) in [5.74, 6) is 0.845. The van der Waals surface area contributed by atoms with Crippen LogP contribution in [0.3, 0.4) is 0 Å². The maximum Gasteiger partial charge on any atom is 0.124 e. The standard InChI is InChI=1S/C14H20N4OSi/c1-11-17-14-12(7-15)8-16-9-13(14)18(11)10-19-5-6-20(2,3)4/h8-9H,5-6,10H2,1-4H3. The van der Waals surface area contributed by atoms with Gasteiger partial charge in [0.25, 0.3) is 0 Å². The molecule has 0 saturated carbocycles. The van der Waals surface area contributed by atoms with Gasteiger partial charge in [0.15, 0.2) is 0 Å². The second-order valence-electron chi connectivity index (χ2n) is 6.10. The van der Waals surface area contributed by atoms with Crippen molar-refractivity contribution >= 4 is 19.1 Å². The quantitative estimate of drug-likeness (QED) is 0.627. The molecule has 0 amide bonds. The van der Waals surface area contributed by atoms with Gasteiger partial charge < -0.3 is 9.30 Å². The molecule has 2 heterocycles. The second kappa shape index (κ2) is 5.73. The van der Waals surface area contributed by atoms with Gasteiger partial charge in [0.2, 0.25) is 0 Å². The van der Waals surface area contributed by atoms with Gasteiger partial charge in [-0.3, -0.25) is 4.98 Å². The van der Waals surface area contributed by atoms with Crippen LogP contribution in [-0.2, 0) is 11.5 Å². The summed E-state index contributed by atoms with van der Waals surface area (Å²) in [6, 6.07) is 3.26. The number of aromatic nitrogens is 3. The average molecular weight is 288 g/mol. The van der Waals surface area contributed by atoms with E-state index in [0.717, 1.165) is 24.0 Å². The van der Waals surface area contributed by atoms with Crippen LogP contribution in [0.15, 0.2) is 12.4 Å². The zero-order chi connectivity index (χ0) is 14.8. The number of pyridine rings is 1. The van der Waals surface area contributed by atoms with Crippen molar-refractivity contribution in [1.82, 2.24) is 14.5 Å². The molecule has 0 aliphatic rings. The van der Waals surface area contributed by atoms with Crippen LogP contribution in [-0.4, -0.2) is 29.2 Å². The van der Waals surface area contributed by atoms with Crippen molar-refractivity contribution in [3.63, 3.8) is 0 Å². The second-order valence-corrected chi connectivity index (χ2v) is 11.7. The van der Waals surface area contributed by atoms with Gasteiger partial charge >= 0.3 is 0 Å². The van der Waals surface area contributed by atoms with Crippen molar-refractivity contribution < 1.29 is 4.74 Å². The molecule has 0 bridgehead atoms. The Labute approximate surface area is 120 Å². The molecule has 0 aliphatic heterocycles. The fourth-order valence-electron chi connectivity index (χ4n) is 1.93. The van der Waals surface area contributed by atoms with E-state index in [1.807, 2.05) is 11.5 Å². The Bertz CT molecular complexity index is 651. The minimum atomic E-state index is -1.07. The monoisotopic (exact) mass is 288 g/mol. The Balaban J connectivity index is 2.15. The van der Waals surface area contributed by atoms with Gasteiger partial charge in [-0.1, -0.05) is 19.6 Å². The number of ether oxygens (including phenoxy) is 1. The average Bonchev–Trinajstić information content (AvgIpc) is 2.69. The van der Waals surface area contributed by atoms with Crippen LogP contribution in [0.5, 0.6) is 0 Å². The molecular formula is C14H20N4OSi. The minimum Gasteiger partial charge on any atom is -0.361 e. The van der Waals surface area contributed by atoms with Crippen molar-refractivity contribution in [1.29, 1.82) is 5.26 Å². The fraction of sp³-hybridized carbons (Fsp3) is 0.500. The molecule has 0 N–H and O–H groups in total. The third-order valence-corrected chi connectivity index (χ3v) is 4.89. The number of nitriles is 1. The van der Waals surface area contributed by atoms with Gasteiger partial charge in [0, 0.05) is 20.9 Å². The van der Waals surface area contributed by atoms with E-state index in [1.165, 1.54) is 0 Å². The van der Waals surface area contributed by atoms with Crippen molar-refractivity contribution in [3.05, 3.63) is 23.8 Å². The molecule has 106 valence electrons. The van der Waals surface area contributed by atoms with E-state index in [0.29, 0.717) is 17.8 Å². The van der Waals surface area contributed by atoms with E-state index >= 15 is 0 Å². The van der Waals surface area contributed by atoms with Crippen molar-refractivity contribution in [2.45, 2.75) is 39.3 Å². The molecule has 0 saturated heterocycles. The summed E-state index contributed by atoms with van der Waals surface area (Å²) < 4.78 is 7.73. The highest BCUT2D eigenvalue weighted by atomic mass is 28.3. The summed E-state index contributed by atoms with van der Waals surface area (Å²) in [4.78, 5) is 8.53. The van der Waals surface area contributed by atoms with E-state index in [1.54, 1.807) is 12.4 Å². The Morgan fingerprint density at radius 3 is 2.75 bits per heavy atom. The molecule has 2 aromatic rings. The first kappa shape index (κ1) is 14.7. The number of imidazole rings is 1. The molecule has 0 radical (unpaired) electrons. The molecular weight excluding hydrogens is 268 g/mol. The van der Waals surface area contributed by atoms with Crippen molar-refractivity contribution in [2.75, 3.05) is 6.61 Å². The van der Waals surface area contributed by atoms with E-state index in [4.69, 9.17) is 10.00 Å². The fourth-order valence-corrected chi connectivity index (χ4v) is 2.69. The summed E-state index contributed by atoms with van der Waals surface area (Å²) >= 11 is 0. The number of aryl methyl sites for hydroxylation is 1. The van der Waals surface area contributed by atoms with E-state index in [-0.39, 0.29) is 0 Å². The number of rotatable bonds is 5. The first-order valence-electron chi connectivity index (χ1n) is 6.71. The molecule has 5 nitrogen and oxygen atoms in total. The van der Waals surface area contributed by atoms with Gasteiger partial charge in [-0.15, -0.1) is 0 Å². The summed E-state index contributed by atoms with van der Waals surface area (Å²) in [5.41, 5.74) is 2.06. The maximum atomic E-state index is 9.07. The largest absolute Gasteiger partial charge is 0.361 e. The molecule has 0 spiro atoms. The zero-order valence-electron chi connectivity index (χ0n) is 12.5. The number of hydrogen-bond donors (Lipinski definition) is 0. The van der Waals surface area contributed by atoms with Crippen molar-refractivity contribution in [2.24, 2.45) is 0 Å². The van der Waals surface area contributed by atoms with Crippen LogP contribution < -0.4 is 0 Å². The Kier molecular flexibility index (Phi) is 4.21. The minimum absolute atomic E-state index is 0.462. The van der Waals surface area contributed by atoms with Crippen LogP contribution in [0.2, 0.25) is 25.7 Å². The van der Waals surface area contributed by atoms with Gasteiger partial charge in [0.1, 0.15) is 24.1 Å². The zero-order valence-corrected chi connectivity index (χ0v) is 13.5. The lowest BCUT2D eigenvalue weighted by molar-refractivity contribution is 0.0885. The number of nitrogens with zero attached hydrogens (tertiary/aromatic N) is 4. The van der Waals surface area contributed by atoms with E-state index in [2.05, 4.69) is 35.7 Å². The molecule has 0 atom stereocenters. The maximum absolute atomic E-state index is 9.07. The van der Waals surface area contributed by atoms with Gasteiger partial charge in [-0.25, -0.2) is 4.98 Å². The SMILES string of the molecule is Cc1nc2c(C#N)cncc2n1COCC[Si](C)(C)C. The van der Waals surface area contributed by atoms with Crippen LogP contribution in [0.1, 0.15) is 11.4 Å². The normalized spacial score (nSPS) is 11.8.